The maximum absolute atomic E-state index is 12.5. The molecule has 1 aromatic carbocycles. The van der Waals surface area contributed by atoms with Crippen molar-refractivity contribution in [2.45, 2.75) is 45.1 Å². The Bertz CT molecular complexity index is 591. The lowest BCUT2D eigenvalue weighted by Gasteiger charge is -2.33. The normalized spacial score (nSPS) is 20.6. The molecule has 2 aliphatic heterocycles. The molecule has 5 heteroatoms. The maximum Gasteiger partial charge on any atom is 0.253 e. The molecule has 2 saturated heterocycles. The number of piperidine rings is 2. The zero-order valence-electron chi connectivity index (χ0n) is 15.7. The number of carbonyl (C=O) groups is 2. The van der Waals surface area contributed by atoms with E-state index in [2.05, 4.69) is 17.6 Å². The first-order valence-electron chi connectivity index (χ1n) is 9.98. The molecule has 2 fully saturated rings. The van der Waals surface area contributed by atoms with Crippen molar-refractivity contribution in [1.82, 2.24) is 15.5 Å². The minimum Gasteiger partial charge on any atom is -0.353 e. The molecular formula is C21H31N3O2. The molecule has 0 radical (unpaired) electrons. The molecule has 2 amide bonds. The molecular weight excluding hydrogens is 326 g/mol. The van der Waals surface area contributed by atoms with Crippen LogP contribution in [-0.4, -0.2) is 48.9 Å². The van der Waals surface area contributed by atoms with Gasteiger partial charge in [-0.15, -0.1) is 0 Å². The summed E-state index contributed by atoms with van der Waals surface area (Å²) in [5, 5.41) is 6.58. The zero-order chi connectivity index (χ0) is 18.4. The highest BCUT2D eigenvalue weighted by molar-refractivity contribution is 5.94. The monoisotopic (exact) mass is 357 g/mol. The van der Waals surface area contributed by atoms with Crippen LogP contribution >= 0.6 is 0 Å². The van der Waals surface area contributed by atoms with Gasteiger partial charge in [0.1, 0.15) is 0 Å². The van der Waals surface area contributed by atoms with E-state index in [0.717, 1.165) is 31.5 Å². The summed E-state index contributed by atoms with van der Waals surface area (Å²) in [5.41, 5.74) is 0.741. The summed E-state index contributed by atoms with van der Waals surface area (Å²) < 4.78 is 0. The standard InChI is InChI=1S/C21H31N3O2/c1-16(17-7-11-22-12-8-17)15-20(25)23-19-9-13-24(14-10-19)21(26)18-5-3-2-4-6-18/h2-6,16-17,19,22H,7-15H2,1H3,(H,23,25). The average molecular weight is 357 g/mol. The highest BCUT2D eigenvalue weighted by atomic mass is 16.2. The molecule has 0 bridgehead atoms. The largest absolute Gasteiger partial charge is 0.353 e. The number of hydrogen-bond acceptors (Lipinski definition) is 3. The van der Waals surface area contributed by atoms with Gasteiger partial charge in [-0.2, -0.15) is 0 Å². The summed E-state index contributed by atoms with van der Waals surface area (Å²) in [5.74, 6) is 1.36. The smallest absolute Gasteiger partial charge is 0.253 e. The number of benzene rings is 1. The fraction of sp³-hybridized carbons (Fsp3) is 0.619. The molecule has 1 aromatic rings. The van der Waals surface area contributed by atoms with E-state index in [4.69, 9.17) is 0 Å². The second-order valence-corrected chi connectivity index (χ2v) is 7.77. The predicted molar refractivity (Wildman–Crippen MR) is 103 cm³/mol. The number of nitrogens with zero attached hydrogens (tertiary/aromatic N) is 1. The van der Waals surface area contributed by atoms with Crippen LogP contribution in [0.3, 0.4) is 0 Å². The number of nitrogens with one attached hydrogen (secondary N) is 2. The van der Waals surface area contributed by atoms with Gasteiger partial charge in [0.25, 0.3) is 5.91 Å². The molecule has 2 aliphatic rings. The molecule has 2 N–H and O–H groups in total. The highest BCUT2D eigenvalue weighted by Crippen LogP contribution is 2.24. The van der Waals surface area contributed by atoms with Crippen molar-refractivity contribution in [3.05, 3.63) is 35.9 Å². The molecule has 0 spiro atoms. The number of hydrogen-bond donors (Lipinski definition) is 2. The van der Waals surface area contributed by atoms with E-state index in [1.54, 1.807) is 0 Å². The lowest BCUT2D eigenvalue weighted by Crippen LogP contribution is -2.47. The number of amides is 2. The van der Waals surface area contributed by atoms with Crippen LogP contribution in [-0.2, 0) is 4.79 Å². The van der Waals surface area contributed by atoms with Gasteiger partial charge in [-0.25, -0.2) is 0 Å². The van der Waals surface area contributed by atoms with Crippen molar-refractivity contribution in [3.63, 3.8) is 0 Å². The van der Waals surface area contributed by atoms with Crippen molar-refractivity contribution in [2.75, 3.05) is 26.2 Å². The van der Waals surface area contributed by atoms with Crippen LogP contribution in [0, 0.1) is 11.8 Å². The molecule has 0 aliphatic carbocycles. The second kappa shape index (κ2) is 9.17. The lowest BCUT2D eigenvalue weighted by atomic mass is 9.84. The van der Waals surface area contributed by atoms with Crippen LogP contribution in [0.2, 0.25) is 0 Å². The summed E-state index contributed by atoms with van der Waals surface area (Å²) >= 11 is 0. The van der Waals surface area contributed by atoms with Crippen molar-refractivity contribution >= 4 is 11.8 Å². The molecule has 0 saturated carbocycles. The predicted octanol–water partition coefficient (Wildman–Crippen LogP) is 2.43. The van der Waals surface area contributed by atoms with Crippen LogP contribution in [0.25, 0.3) is 0 Å². The fourth-order valence-electron chi connectivity index (χ4n) is 4.15. The van der Waals surface area contributed by atoms with Crippen molar-refractivity contribution in [1.29, 1.82) is 0 Å². The third-order valence-corrected chi connectivity index (χ3v) is 5.86. The quantitative estimate of drug-likeness (QED) is 0.851. The van der Waals surface area contributed by atoms with Gasteiger partial charge in [0, 0.05) is 31.1 Å². The van der Waals surface area contributed by atoms with Gasteiger partial charge in [-0.05, 0) is 62.7 Å². The Morgan fingerprint density at radius 3 is 2.42 bits per heavy atom. The summed E-state index contributed by atoms with van der Waals surface area (Å²) in [6.45, 7) is 5.77. The van der Waals surface area contributed by atoms with Crippen LogP contribution in [0.1, 0.15) is 49.4 Å². The maximum atomic E-state index is 12.5. The molecule has 2 heterocycles. The summed E-state index contributed by atoms with van der Waals surface area (Å²) in [4.78, 5) is 26.8. The van der Waals surface area contributed by atoms with Gasteiger partial charge in [-0.3, -0.25) is 9.59 Å². The topological polar surface area (TPSA) is 61.4 Å². The average Bonchev–Trinajstić information content (AvgIpc) is 2.69. The van der Waals surface area contributed by atoms with Gasteiger partial charge in [0.05, 0.1) is 0 Å². The zero-order valence-corrected chi connectivity index (χ0v) is 15.7. The fourth-order valence-corrected chi connectivity index (χ4v) is 4.15. The van der Waals surface area contributed by atoms with Gasteiger partial charge >= 0.3 is 0 Å². The van der Waals surface area contributed by atoms with Crippen molar-refractivity contribution in [2.24, 2.45) is 11.8 Å². The lowest BCUT2D eigenvalue weighted by molar-refractivity contribution is -0.123. The van der Waals surface area contributed by atoms with E-state index in [9.17, 15) is 9.59 Å². The Morgan fingerprint density at radius 2 is 1.77 bits per heavy atom. The molecule has 1 unspecified atom stereocenters. The van der Waals surface area contributed by atoms with E-state index >= 15 is 0 Å². The van der Waals surface area contributed by atoms with Crippen LogP contribution in [0.5, 0.6) is 0 Å². The van der Waals surface area contributed by atoms with E-state index < -0.39 is 0 Å². The summed E-state index contributed by atoms with van der Waals surface area (Å²) in [6, 6.07) is 9.62. The summed E-state index contributed by atoms with van der Waals surface area (Å²) in [7, 11) is 0. The van der Waals surface area contributed by atoms with Crippen LogP contribution in [0.15, 0.2) is 30.3 Å². The van der Waals surface area contributed by atoms with E-state index in [-0.39, 0.29) is 17.9 Å². The number of likely N-dealkylation sites (tertiary alicyclic amines) is 1. The molecule has 26 heavy (non-hydrogen) atoms. The Morgan fingerprint density at radius 1 is 1.12 bits per heavy atom. The highest BCUT2D eigenvalue weighted by Gasteiger charge is 2.26. The summed E-state index contributed by atoms with van der Waals surface area (Å²) in [6.07, 6.45) is 4.65. The number of rotatable bonds is 5. The van der Waals surface area contributed by atoms with Crippen LogP contribution in [0.4, 0.5) is 0 Å². The van der Waals surface area contributed by atoms with Crippen molar-refractivity contribution in [3.8, 4) is 0 Å². The Labute approximate surface area is 156 Å². The van der Waals surface area contributed by atoms with E-state index in [1.165, 1.54) is 12.8 Å². The molecule has 3 rings (SSSR count). The Kier molecular flexibility index (Phi) is 6.67. The number of carbonyl (C=O) groups excluding carboxylic acids is 2. The van der Waals surface area contributed by atoms with Gasteiger partial charge < -0.3 is 15.5 Å². The Hall–Kier alpha value is -1.88. The van der Waals surface area contributed by atoms with Gasteiger partial charge in [0.2, 0.25) is 5.91 Å². The molecule has 1 atom stereocenters. The van der Waals surface area contributed by atoms with E-state index in [0.29, 0.717) is 31.3 Å². The van der Waals surface area contributed by atoms with Crippen LogP contribution < -0.4 is 10.6 Å². The minimum absolute atomic E-state index is 0.0925. The van der Waals surface area contributed by atoms with Gasteiger partial charge in [0.15, 0.2) is 0 Å². The molecule has 0 aromatic heterocycles. The second-order valence-electron chi connectivity index (χ2n) is 7.77. The first kappa shape index (κ1) is 18.9. The third-order valence-electron chi connectivity index (χ3n) is 5.86. The molecule has 142 valence electrons. The van der Waals surface area contributed by atoms with Gasteiger partial charge in [-0.1, -0.05) is 25.1 Å². The first-order valence-corrected chi connectivity index (χ1v) is 9.98. The Balaban J connectivity index is 1.40. The first-order chi connectivity index (χ1) is 12.6. The SMILES string of the molecule is CC(CC(=O)NC1CCN(C(=O)c2ccccc2)CC1)C1CCNCC1. The molecule has 5 nitrogen and oxygen atoms in total. The van der Waals surface area contributed by atoms with E-state index in [1.807, 2.05) is 35.2 Å². The van der Waals surface area contributed by atoms with Crippen molar-refractivity contribution < 1.29 is 9.59 Å². The minimum atomic E-state index is 0.0925. The third kappa shape index (κ3) is 5.07.